The predicted molar refractivity (Wildman–Crippen MR) is 72.0 cm³/mol. The van der Waals surface area contributed by atoms with E-state index in [2.05, 4.69) is 0 Å². The monoisotopic (exact) mass is 262 g/mol. The molecule has 1 aromatic carbocycles. The van der Waals surface area contributed by atoms with Gasteiger partial charge in [-0.2, -0.15) is 0 Å². The Morgan fingerprint density at radius 2 is 1.89 bits per heavy atom. The maximum atomic E-state index is 12.2. The van der Waals surface area contributed by atoms with E-state index in [1.807, 2.05) is 44.2 Å². The molecule has 0 N–H and O–H groups in total. The van der Waals surface area contributed by atoms with Crippen LogP contribution in [0.5, 0.6) is 0 Å². The van der Waals surface area contributed by atoms with Crippen molar-refractivity contribution in [3.63, 3.8) is 0 Å². The number of hydrogen-bond donors (Lipinski definition) is 0. The molecule has 5 nitrogen and oxygen atoms in total. The topological polar surface area (TPSA) is 49.9 Å². The number of hydrogen-bond acceptors (Lipinski definition) is 3. The van der Waals surface area contributed by atoms with Crippen LogP contribution in [0.25, 0.3) is 0 Å². The molecule has 19 heavy (non-hydrogen) atoms. The highest BCUT2D eigenvalue weighted by Crippen LogP contribution is 2.20. The van der Waals surface area contributed by atoms with E-state index in [1.54, 1.807) is 0 Å². The fourth-order valence-corrected chi connectivity index (χ4v) is 1.95. The first-order valence-corrected chi connectivity index (χ1v) is 6.38. The molecule has 102 valence electrons. The van der Waals surface area contributed by atoms with Gasteiger partial charge in [-0.3, -0.25) is 14.6 Å². The van der Waals surface area contributed by atoms with Crippen molar-refractivity contribution in [1.29, 1.82) is 0 Å². The fraction of sp³-hybridized carbons (Fsp3) is 0.429. The lowest BCUT2D eigenvalue weighted by Crippen LogP contribution is -2.35. The number of urea groups is 1. The van der Waals surface area contributed by atoms with Gasteiger partial charge in [0, 0.05) is 5.69 Å². The summed E-state index contributed by atoms with van der Waals surface area (Å²) in [7, 11) is 0. The molecule has 0 unspecified atom stereocenters. The summed E-state index contributed by atoms with van der Waals surface area (Å²) in [5, 5.41) is 0. The van der Waals surface area contributed by atoms with Crippen LogP contribution in [0.3, 0.4) is 0 Å². The number of benzene rings is 1. The molecule has 0 atom stereocenters. The maximum Gasteiger partial charge on any atom is 0.331 e. The molecule has 0 saturated carbocycles. The number of rotatable bonds is 5. The highest BCUT2D eigenvalue weighted by molar-refractivity contribution is 6.12. The third-order valence-electron chi connectivity index (χ3n) is 2.89. The van der Waals surface area contributed by atoms with E-state index in [-0.39, 0.29) is 24.6 Å². The second kappa shape index (κ2) is 5.84. The molecule has 1 aliphatic rings. The summed E-state index contributed by atoms with van der Waals surface area (Å²) in [6.07, 6.45) is 0.0954. The van der Waals surface area contributed by atoms with Crippen LogP contribution >= 0.6 is 0 Å². The van der Waals surface area contributed by atoms with Crippen molar-refractivity contribution in [2.75, 3.05) is 24.6 Å². The smallest absolute Gasteiger partial charge is 0.331 e. The Morgan fingerprint density at radius 3 is 2.53 bits per heavy atom. The summed E-state index contributed by atoms with van der Waals surface area (Å²) in [5.74, 6) is -0.179. The quantitative estimate of drug-likeness (QED) is 0.761. The summed E-state index contributed by atoms with van der Waals surface area (Å²) >= 11 is 0. The lowest BCUT2D eigenvalue weighted by atomic mass is 10.3. The number of anilines is 1. The Hall–Kier alpha value is -1.88. The van der Waals surface area contributed by atoms with Crippen molar-refractivity contribution in [2.24, 2.45) is 0 Å². The van der Waals surface area contributed by atoms with Gasteiger partial charge in [0.1, 0.15) is 6.54 Å². The zero-order chi connectivity index (χ0) is 13.8. The third-order valence-corrected chi connectivity index (χ3v) is 2.89. The number of nitrogens with zero attached hydrogens (tertiary/aromatic N) is 2. The molecule has 0 bridgehead atoms. The minimum absolute atomic E-state index is 0.0954. The van der Waals surface area contributed by atoms with Crippen molar-refractivity contribution >= 4 is 17.6 Å². The summed E-state index contributed by atoms with van der Waals surface area (Å²) in [5.41, 5.74) is 0.744. The van der Waals surface area contributed by atoms with Gasteiger partial charge < -0.3 is 4.74 Å². The molecule has 1 aromatic rings. The highest BCUT2D eigenvalue weighted by Gasteiger charge is 2.36. The molecular formula is C14H18N2O3. The van der Waals surface area contributed by atoms with Crippen LogP contribution in [0.4, 0.5) is 10.5 Å². The zero-order valence-electron chi connectivity index (χ0n) is 11.2. The van der Waals surface area contributed by atoms with Gasteiger partial charge in [0.25, 0.3) is 5.91 Å². The van der Waals surface area contributed by atoms with Crippen molar-refractivity contribution < 1.29 is 14.3 Å². The van der Waals surface area contributed by atoms with Crippen LogP contribution in [0, 0.1) is 0 Å². The number of ether oxygens (including phenoxy) is 1. The summed E-state index contributed by atoms with van der Waals surface area (Å²) in [6.45, 7) is 4.62. The average Bonchev–Trinajstić information content (AvgIpc) is 2.67. The Labute approximate surface area is 112 Å². The van der Waals surface area contributed by atoms with Crippen LogP contribution in [-0.4, -0.2) is 42.6 Å². The molecule has 1 heterocycles. The van der Waals surface area contributed by atoms with E-state index in [1.165, 1.54) is 9.80 Å². The molecular weight excluding hydrogens is 244 g/mol. The van der Waals surface area contributed by atoms with Gasteiger partial charge in [0.15, 0.2) is 0 Å². The Kier molecular flexibility index (Phi) is 4.16. The van der Waals surface area contributed by atoms with Crippen LogP contribution in [-0.2, 0) is 9.53 Å². The number of imide groups is 1. The SMILES string of the molecule is CC(C)OCCN1C(=O)CN(c2ccccc2)C1=O. The minimum atomic E-state index is -0.274. The fourth-order valence-electron chi connectivity index (χ4n) is 1.95. The van der Waals surface area contributed by atoms with E-state index in [9.17, 15) is 9.59 Å². The molecule has 1 saturated heterocycles. The van der Waals surface area contributed by atoms with Gasteiger partial charge in [-0.1, -0.05) is 18.2 Å². The van der Waals surface area contributed by atoms with E-state index in [0.29, 0.717) is 13.2 Å². The van der Waals surface area contributed by atoms with Gasteiger partial charge in [0.2, 0.25) is 0 Å². The van der Waals surface area contributed by atoms with Gasteiger partial charge >= 0.3 is 6.03 Å². The first-order valence-electron chi connectivity index (χ1n) is 6.38. The normalized spacial score (nSPS) is 15.7. The van der Waals surface area contributed by atoms with E-state index in [4.69, 9.17) is 4.74 Å². The predicted octanol–water partition coefficient (Wildman–Crippen LogP) is 1.88. The Morgan fingerprint density at radius 1 is 1.21 bits per heavy atom. The lowest BCUT2D eigenvalue weighted by Gasteiger charge is -2.17. The standard InChI is InChI=1S/C14H18N2O3/c1-11(2)19-9-8-15-13(17)10-16(14(15)18)12-6-4-3-5-7-12/h3-7,11H,8-10H2,1-2H3. The first-order chi connectivity index (χ1) is 9.09. The van der Waals surface area contributed by atoms with Gasteiger partial charge in [-0.15, -0.1) is 0 Å². The molecule has 3 amide bonds. The van der Waals surface area contributed by atoms with Crippen molar-refractivity contribution in [3.05, 3.63) is 30.3 Å². The maximum absolute atomic E-state index is 12.2. The molecule has 0 aliphatic carbocycles. The molecule has 1 fully saturated rings. The van der Waals surface area contributed by atoms with E-state index >= 15 is 0 Å². The van der Waals surface area contributed by atoms with E-state index < -0.39 is 0 Å². The van der Waals surface area contributed by atoms with Crippen molar-refractivity contribution in [2.45, 2.75) is 20.0 Å². The van der Waals surface area contributed by atoms with Crippen LogP contribution < -0.4 is 4.90 Å². The molecule has 5 heteroatoms. The molecule has 0 radical (unpaired) electrons. The average molecular weight is 262 g/mol. The third kappa shape index (κ3) is 3.12. The molecule has 0 aromatic heterocycles. The van der Waals surface area contributed by atoms with Crippen LogP contribution in [0.1, 0.15) is 13.8 Å². The number of carbonyl (C=O) groups is 2. The van der Waals surface area contributed by atoms with Gasteiger partial charge in [-0.25, -0.2) is 4.79 Å². The number of amides is 3. The molecule has 0 spiro atoms. The summed E-state index contributed by atoms with van der Waals surface area (Å²) in [6, 6.07) is 8.93. The second-order valence-corrected chi connectivity index (χ2v) is 4.67. The van der Waals surface area contributed by atoms with E-state index in [0.717, 1.165) is 5.69 Å². The summed E-state index contributed by atoms with van der Waals surface area (Å²) in [4.78, 5) is 26.7. The van der Waals surface area contributed by atoms with Crippen molar-refractivity contribution in [3.8, 4) is 0 Å². The zero-order valence-corrected chi connectivity index (χ0v) is 11.2. The van der Waals surface area contributed by atoms with Gasteiger partial charge in [0.05, 0.1) is 19.3 Å². The minimum Gasteiger partial charge on any atom is -0.377 e. The second-order valence-electron chi connectivity index (χ2n) is 4.67. The first kappa shape index (κ1) is 13.5. The van der Waals surface area contributed by atoms with Crippen molar-refractivity contribution in [1.82, 2.24) is 4.90 Å². The van der Waals surface area contributed by atoms with Crippen LogP contribution in [0.15, 0.2) is 30.3 Å². The molecule has 2 rings (SSSR count). The van der Waals surface area contributed by atoms with Crippen LogP contribution in [0.2, 0.25) is 0 Å². The Bertz CT molecular complexity index is 459. The highest BCUT2D eigenvalue weighted by atomic mass is 16.5. The Balaban J connectivity index is 2.00. The number of para-hydroxylation sites is 1. The lowest BCUT2D eigenvalue weighted by molar-refractivity contribution is -0.125. The van der Waals surface area contributed by atoms with Gasteiger partial charge in [-0.05, 0) is 26.0 Å². The number of carbonyl (C=O) groups excluding carboxylic acids is 2. The largest absolute Gasteiger partial charge is 0.377 e. The summed E-state index contributed by atoms with van der Waals surface area (Å²) < 4.78 is 5.38. The molecule has 1 aliphatic heterocycles.